The summed E-state index contributed by atoms with van der Waals surface area (Å²) in [7, 11) is 0. The molecular weight excluding hydrogens is 412 g/mol. The summed E-state index contributed by atoms with van der Waals surface area (Å²) in [6.45, 7) is 1.38. The molecule has 0 aliphatic rings. The Morgan fingerprint density at radius 1 is 1.06 bits per heavy atom. The van der Waals surface area contributed by atoms with Crippen LogP contribution in [0.25, 0.3) is 22.6 Å². The van der Waals surface area contributed by atoms with Crippen LogP contribution in [0.1, 0.15) is 24.3 Å². The second-order valence-corrected chi connectivity index (χ2v) is 7.40. The number of carbonyl (C=O) groups excluding carboxylic acids is 1. The zero-order chi connectivity index (χ0) is 22.6. The molecule has 2 atom stereocenters. The van der Waals surface area contributed by atoms with E-state index in [2.05, 4.69) is 5.16 Å². The van der Waals surface area contributed by atoms with Crippen LogP contribution < -0.4 is 5.48 Å². The van der Waals surface area contributed by atoms with E-state index < -0.39 is 17.6 Å². The monoisotopic (exact) mass is 434 g/mol. The predicted octanol–water partition coefficient (Wildman–Crippen LogP) is 4.12. The first-order valence-electron chi connectivity index (χ1n) is 9.92. The Kier molecular flexibility index (Phi) is 6.18. The molecule has 4 aromatic rings. The van der Waals surface area contributed by atoms with Crippen LogP contribution in [0.5, 0.6) is 0 Å². The van der Waals surface area contributed by atoms with Crippen LogP contribution in [-0.2, 0) is 16.1 Å². The maximum Gasteiger partial charge on any atom is 0.278 e. The number of hydroxylamine groups is 1. The van der Waals surface area contributed by atoms with Crippen LogP contribution in [-0.4, -0.2) is 27.0 Å². The molecule has 0 bridgehead atoms. The molecule has 4 rings (SSSR count). The van der Waals surface area contributed by atoms with E-state index >= 15 is 0 Å². The summed E-state index contributed by atoms with van der Waals surface area (Å²) in [6.07, 6.45) is -0.0468. The van der Waals surface area contributed by atoms with Crippen LogP contribution in [0, 0.1) is 0 Å². The third kappa shape index (κ3) is 4.33. The third-order valence-corrected chi connectivity index (χ3v) is 5.25. The number of ether oxygens (including phenoxy) is 1. The molecule has 0 radical (unpaired) electrons. The summed E-state index contributed by atoms with van der Waals surface area (Å²) in [5.41, 5.74) is 2.68. The normalized spacial score (nSPS) is 14.0. The molecule has 0 spiro atoms. The van der Waals surface area contributed by atoms with Crippen LogP contribution >= 0.6 is 0 Å². The summed E-state index contributed by atoms with van der Waals surface area (Å²) >= 11 is 0. The Morgan fingerprint density at radius 2 is 1.78 bits per heavy atom. The highest BCUT2D eigenvalue weighted by atomic mass is 16.5. The highest BCUT2D eigenvalue weighted by Gasteiger charge is 2.44. The largest absolute Gasteiger partial charge is 0.461 e. The van der Waals surface area contributed by atoms with Crippen molar-refractivity contribution in [2.24, 2.45) is 0 Å². The number of carbonyl (C=O) groups is 1. The molecule has 2 aromatic heterocycles. The smallest absolute Gasteiger partial charge is 0.278 e. The lowest BCUT2D eigenvalue weighted by Crippen LogP contribution is -2.50. The number of aliphatic hydroxyl groups is 1. The van der Waals surface area contributed by atoms with Gasteiger partial charge in [0.05, 0.1) is 12.9 Å². The molecule has 8 heteroatoms. The fourth-order valence-electron chi connectivity index (χ4n) is 3.27. The number of aromatic nitrogens is 1. The van der Waals surface area contributed by atoms with Crippen LogP contribution in [0.4, 0.5) is 0 Å². The van der Waals surface area contributed by atoms with Crippen LogP contribution in [0.15, 0.2) is 88.0 Å². The van der Waals surface area contributed by atoms with E-state index in [1.54, 1.807) is 17.6 Å². The maximum absolute atomic E-state index is 12.4. The predicted molar refractivity (Wildman–Crippen MR) is 114 cm³/mol. The molecule has 0 aliphatic heterocycles. The molecule has 32 heavy (non-hydrogen) atoms. The highest BCUT2D eigenvalue weighted by Crippen LogP contribution is 2.33. The van der Waals surface area contributed by atoms with Gasteiger partial charge in [-0.2, -0.15) is 0 Å². The highest BCUT2D eigenvalue weighted by molar-refractivity contribution is 5.84. The van der Waals surface area contributed by atoms with E-state index in [-0.39, 0.29) is 18.1 Å². The lowest BCUT2D eigenvalue weighted by molar-refractivity contribution is -0.174. The van der Waals surface area contributed by atoms with Crippen molar-refractivity contribution >= 4 is 5.91 Å². The minimum atomic E-state index is -1.84. The van der Waals surface area contributed by atoms with E-state index in [4.69, 9.17) is 13.7 Å². The second kappa shape index (κ2) is 9.19. The number of hydrogen-bond donors (Lipinski definition) is 3. The lowest BCUT2D eigenvalue weighted by atomic mass is 9.94. The number of benzene rings is 2. The first-order chi connectivity index (χ1) is 15.5. The molecule has 2 heterocycles. The number of amides is 1. The van der Waals surface area contributed by atoms with Gasteiger partial charge in [-0.05, 0) is 35.7 Å². The van der Waals surface area contributed by atoms with Crippen molar-refractivity contribution in [2.45, 2.75) is 25.2 Å². The van der Waals surface area contributed by atoms with Gasteiger partial charge in [-0.3, -0.25) is 10.0 Å². The maximum atomic E-state index is 12.4. The molecule has 1 amide bonds. The van der Waals surface area contributed by atoms with Crippen LogP contribution in [0.2, 0.25) is 0 Å². The molecule has 0 saturated carbocycles. The van der Waals surface area contributed by atoms with Crippen molar-refractivity contribution in [3.05, 3.63) is 90.3 Å². The Morgan fingerprint density at radius 3 is 2.44 bits per heavy atom. The second-order valence-electron chi connectivity index (χ2n) is 7.40. The Hall–Kier alpha value is -3.72. The standard InChI is InChI=1S/C24H22N2O6/c1-24(23(28)25-29,22(27)19-14-21(32-26-19)20-8-5-13-30-20)31-15-16-9-11-18(12-10-16)17-6-3-2-4-7-17/h2-14,22,27,29H,15H2,1H3,(H,25,28)/t22-,24-/m1/s1. The molecule has 0 fully saturated rings. The molecule has 3 N–H and O–H groups in total. The number of nitrogens with zero attached hydrogens (tertiary/aromatic N) is 1. The molecule has 0 aliphatic carbocycles. The number of nitrogens with one attached hydrogen (secondary N) is 1. The number of aliphatic hydroxyl groups excluding tert-OH is 1. The first-order valence-corrected chi connectivity index (χ1v) is 9.92. The molecule has 8 nitrogen and oxygen atoms in total. The van der Waals surface area contributed by atoms with Gasteiger partial charge in [-0.1, -0.05) is 59.8 Å². The number of furan rings is 1. The summed E-state index contributed by atoms with van der Waals surface area (Å²) in [5.74, 6) is -0.218. The van der Waals surface area contributed by atoms with Gasteiger partial charge in [-0.25, -0.2) is 5.48 Å². The minimum Gasteiger partial charge on any atom is -0.461 e. The summed E-state index contributed by atoms with van der Waals surface area (Å²) in [6, 6.07) is 22.4. The Labute approximate surface area is 184 Å². The van der Waals surface area contributed by atoms with Crippen molar-refractivity contribution in [1.29, 1.82) is 0 Å². The van der Waals surface area contributed by atoms with Crippen molar-refractivity contribution < 1.29 is 28.8 Å². The average molecular weight is 434 g/mol. The van der Waals surface area contributed by atoms with Crippen molar-refractivity contribution in [3.8, 4) is 22.6 Å². The van der Waals surface area contributed by atoms with Gasteiger partial charge >= 0.3 is 0 Å². The first kappa shape index (κ1) is 21.5. The van der Waals surface area contributed by atoms with Gasteiger partial charge in [0.15, 0.2) is 11.4 Å². The van der Waals surface area contributed by atoms with Gasteiger partial charge in [0.25, 0.3) is 5.91 Å². The zero-order valence-corrected chi connectivity index (χ0v) is 17.3. The van der Waals surface area contributed by atoms with Gasteiger partial charge in [-0.15, -0.1) is 0 Å². The quantitative estimate of drug-likeness (QED) is 0.282. The van der Waals surface area contributed by atoms with E-state index in [9.17, 15) is 15.1 Å². The van der Waals surface area contributed by atoms with Gasteiger partial charge in [0, 0.05) is 6.07 Å². The van der Waals surface area contributed by atoms with Crippen molar-refractivity contribution in [2.75, 3.05) is 0 Å². The van der Waals surface area contributed by atoms with E-state index in [1.165, 1.54) is 19.3 Å². The molecule has 2 aromatic carbocycles. The van der Waals surface area contributed by atoms with Crippen molar-refractivity contribution in [3.63, 3.8) is 0 Å². The van der Waals surface area contributed by atoms with E-state index in [0.717, 1.165) is 16.7 Å². The average Bonchev–Trinajstić information content (AvgIpc) is 3.54. The summed E-state index contributed by atoms with van der Waals surface area (Å²) < 4.78 is 16.3. The van der Waals surface area contributed by atoms with Gasteiger partial charge < -0.3 is 18.8 Å². The minimum absolute atomic E-state index is 0.0128. The fourth-order valence-corrected chi connectivity index (χ4v) is 3.27. The number of hydrogen-bond acceptors (Lipinski definition) is 7. The molecule has 0 saturated heterocycles. The SMILES string of the molecule is C[C@](OCc1ccc(-c2ccccc2)cc1)(C(=O)NO)[C@H](O)c1cc(-c2ccco2)on1. The van der Waals surface area contributed by atoms with Crippen molar-refractivity contribution in [1.82, 2.24) is 10.6 Å². The summed E-state index contributed by atoms with van der Waals surface area (Å²) in [4.78, 5) is 12.4. The molecule has 0 unspecified atom stereocenters. The van der Waals surface area contributed by atoms with Crippen LogP contribution in [0.3, 0.4) is 0 Å². The van der Waals surface area contributed by atoms with Gasteiger partial charge in [0.2, 0.25) is 5.76 Å². The lowest BCUT2D eigenvalue weighted by Gasteiger charge is -2.31. The fraction of sp³-hybridized carbons (Fsp3) is 0.167. The van der Waals surface area contributed by atoms with E-state index in [1.807, 2.05) is 54.6 Å². The Bertz CT molecular complexity index is 1150. The Balaban J connectivity index is 1.51. The zero-order valence-electron chi connectivity index (χ0n) is 17.3. The van der Waals surface area contributed by atoms with Gasteiger partial charge in [0.1, 0.15) is 11.8 Å². The molecular formula is C24H22N2O6. The third-order valence-electron chi connectivity index (χ3n) is 5.25. The number of rotatable bonds is 8. The topological polar surface area (TPSA) is 118 Å². The molecule has 164 valence electrons. The summed E-state index contributed by atoms with van der Waals surface area (Å²) in [5, 5.41) is 23.9. The van der Waals surface area contributed by atoms with E-state index in [0.29, 0.717) is 5.76 Å².